The van der Waals surface area contributed by atoms with Crippen LogP contribution in [-0.4, -0.2) is 32.2 Å². The van der Waals surface area contributed by atoms with Crippen molar-refractivity contribution in [2.45, 2.75) is 12.8 Å². The molecule has 0 aliphatic carbocycles. The van der Waals surface area contributed by atoms with Crippen molar-refractivity contribution in [3.05, 3.63) is 35.1 Å². The number of hydrogen-bond donors (Lipinski definition) is 2. The molecular formula is C16H19FN2O2. The maximum atomic E-state index is 13.9. The minimum Gasteiger partial charge on any atom is -0.381 e. The summed E-state index contributed by atoms with van der Waals surface area (Å²) in [5.41, 5.74) is 5.82. The molecule has 1 aromatic rings. The van der Waals surface area contributed by atoms with Crippen molar-refractivity contribution < 1.29 is 13.9 Å². The minimum atomic E-state index is -0.566. The summed E-state index contributed by atoms with van der Waals surface area (Å²) in [6, 6.07) is 4.33. The fraction of sp³-hybridized carbons (Fsp3) is 0.438. The normalized spacial score (nSPS) is 15.1. The third kappa shape index (κ3) is 4.55. The number of rotatable bonds is 3. The Labute approximate surface area is 123 Å². The molecule has 1 aromatic carbocycles. The predicted octanol–water partition coefficient (Wildman–Crippen LogP) is 1.29. The number of nitrogens with two attached hydrogens (primary N) is 1. The van der Waals surface area contributed by atoms with Crippen molar-refractivity contribution in [1.29, 1.82) is 0 Å². The molecule has 1 aliphatic rings. The second-order valence-electron chi connectivity index (χ2n) is 4.97. The van der Waals surface area contributed by atoms with E-state index in [4.69, 9.17) is 10.5 Å². The zero-order valence-corrected chi connectivity index (χ0v) is 11.8. The summed E-state index contributed by atoms with van der Waals surface area (Å²) in [4.78, 5) is 12.0. The Balaban J connectivity index is 1.95. The molecule has 4 nitrogen and oxygen atoms in total. The zero-order valence-electron chi connectivity index (χ0n) is 11.8. The highest BCUT2D eigenvalue weighted by Gasteiger charge is 2.17. The monoisotopic (exact) mass is 290 g/mol. The van der Waals surface area contributed by atoms with Gasteiger partial charge >= 0.3 is 0 Å². The van der Waals surface area contributed by atoms with Gasteiger partial charge in [0.2, 0.25) is 0 Å². The summed E-state index contributed by atoms with van der Waals surface area (Å²) in [6.07, 6.45) is 1.85. The van der Waals surface area contributed by atoms with E-state index in [0.29, 0.717) is 18.0 Å². The minimum absolute atomic E-state index is 0.0420. The first-order chi connectivity index (χ1) is 10.2. The van der Waals surface area contributed by atoms with E-state index < -0.39 is 11.7 Å². The van der Waals surface area contributed by atoms with Crippen molar-refractivity contribution in [2.75, 3.05) is 26.3 Å². The van der Waals surface area contributed by atoms with Gasteiger partial charge in [0.25, 0.3) is 5.91 Å². The van der Waals surface area contributed by atoms with Crippen LogP contribution < -0.4 is 11.1 Å². The molecule has 1 aliphatic heterocycles. The molecule has 3 N–H and O–H groups in total. The zero-order chi connectivity index (χ0) is 15.1. The Bertz CT molecular complexity index is 557. The van der Waals surface area contributed by atoms with Crippen LogP contribution in [-0.2, 0) is 4.74 Å². The summed E-state index contributed by atoms with van der Waals surface area (Å²) < 4.78 is 19.2. The maximum Gasteiger partial charge on any atom is 0.254 e. The van der Waals surface area contributed by atoms with E-state index in [0.717, 1.165) is 26.1 Å². The lowest BCUT2D eigenvalue weighted by molar-refractivity contribution is 0.0642. The van der Waals surface area contributed by atoms with Gasteiger partial charge in [-0.25, -0.2) is 4.39 Å². The third-order valence-corrected chi connectivity index (χ3v) is 3.44. The SMILES string of the molecule is NCC#Cc1ccc(C(=O)NCC2CCOCC2)c(F)c1. The summed E-state index contributed by atoms with van der Waals surface area (Å²) in [5.74, 6) is 4.83. The first-order valence-corrected chi connectivity index (χ1v) is 7.05. The molecule has 21 heavy (non-hydrogen) atoms. The van der Waals surface area contributed by atoms with Crippen LogP contribution >= 0.6 is 0 Å². The topological polar surface area (TPSA) is 64.4 Å². The molecule has 5 heteroatoms. The van der Waals surface area contributed by atoms with E-state index >= 15 is 0 Å². The van der Waals surface area contributed by atoms with Crippen LogP contribution in [0.5, 0.6) is 0 Å². The molecule has 0 radical (unpaired) electrons. The van der Waals surface area contributed by atoms with Gasteiger partial charge in [-0.05, 0) is 37.0 Å². The van der Waals surface area contributed by atoms with E-state index in [2.05, 4.69) is 17.2 Å². The summed E-state index contributed by atoms with van der Waals surface area (Å²) in [7, 11) is 0. The smallest absolute Gasteiger partial charge is 0.254 e. The molecule has 0 aromatic heterocycles. The second kappa shape index (κ2) is 7.77. The fourth-order valence-electron chi connectivity index (χ4n) is 2.21. The van der Waals surface area contributed by atoms with Crippen molar-refractivity contribution in [1.82, 2.24) is 5.32 Å². The standard InChI is InChI=1S/C16H19FN2O2/c17-15-10-12(2-1-7-18)3-4-14(15)16(20)19-11-13-5-8-21-9-6-13/h3-4,10,13H,5-9,11,18H2,(H,19,20). The van der Waals surface area contributed by atoms with E-state index in [1.54, 1.807) is 6.07 Å². The number of carbonyl (C=O) groups is 1. The van der Waals surface area contributed by atoms with Crippen LogP contribution in [0.3, 0.4) is 0 Å². The highest BCUT2D eigenvalue weighted by molar-refractivity contribution is 5.94. The number of amides is 1. The average molecular weight is 290 g/mol. The van der Waals surface area contributed by atoms with Crippen LogP contribution in [0.1, 0.15) is 28.8 Å². The van der Waals surface area contributed by atoms with Gasteiger partial charge in [-0.2, -0.15) is 0 Å². The van der Waals surface area contributed by atoms with Gasteiger partial charge in [-0.3, -0.25) is 4.79 Å². The molecule has 1 amide bonds. The van der Waals surface area contributed by atoms with Crippen molar-refractivity contribution in [2.24, 2.45) is 11.7 Å². The van der Waals surface area contributed by atoms with E-state index in [9.17, 15) is 9.18 Å². The Morgan fingerprint density at radius 2 is 2.19 bits per heavy atom. The maximum absolute atomic E-state index is 13.9. The lowest BCUT2D eigenvalue weighted by Gasteiger charge is -2.22. The van der Waals surface area contributed by atoms with Crippen LogP contribution in [0.15, 0.2) is 18.2 Å². The second-order valence-corrected chi connectivity index (χ2v) is 4.97. The van der Waals surface area contributed by atoms with Crippen LogP contribution in [0.4, 0.5) is 4.39 Å². The van der Waals surface area contributed by atoms with Gasteiger partial charge in [0, 0.05) is 25.3 Å². The molecule has 1 saturated heterocycles. The number of carbonyl (C=O) groups excluding carboxylic acids is 1. The van der Waals surface area contributed by atoms with Crippen LogP contribution in [0, 0.1) is 23.6 Å². The Morgan fingerprint density at radius 1 is 1.43 bits per heavy atom. The van der Waals surface area contributed by atoms with E-state index in [1.165, 1.54) is 12.1 Å². The quantitative estimate of drug-likeness (QED) is 0.825. The Morgan fingerprint density at radius 3 is 2.86 bits per heavy atom. The van der Waals surface area contributed by atoms with Gasteiger partial charge in [0.15, 0.2) is 0 Å². The molecule has 2 rings (SSSR count). The molecule has 0 bridgehead atoms. The van der Waals surface area contributed by atoms with E-state index in [-0.39, 0.29) is 12.1 Å². The first-order valence-electron chi connectivity index (χ1n) is 7.05. The average Bonchev–Trinajstić information content (AvgIpc) is 2.51. The van der Waals surface area contributed by atoms with Crippen LogP contribution in [0.25, 0.3) is 0 Å². The number of ether oxygens (including phenoxy) is 1. The van der Waals surface area contributed by atoms with Gasteiger partial charge in [0.1, 0.15) is 5.82 Å². The Kier molecular flexibility index (Phi) is 5.73. The van der Waals surface area contributed by atoms with Crippen molar-refractivity contribution in [3.8, 4) is 11.8 Å². The molecule has 1 heterocycles. The lowest BCUT2D eigenvalue weighted by Crippen LogP contribution is -2.32. The van der Waals surface area contributed by atoms with Gasteiger partial charge in [0.05, 0.1) is 12.1 Å². The van der Waals surface area contributed by atoms with Crippen LogP contribution in [0.2, 0.25) is 0 Å². The molecule has 112 valence electrons. The third-order valence-electron chi connectivity index (χ3n) is 3.44. The first kappa shape index (κ1) is 15.5. The Hall–Kier alpha value is -1.90. The lowest BCUT2D eigenvalue weighted by atomic mass is 10.0. The number of benzene rings is 1. The fourth-order valence-corrected chi connectivity index (χ4v) is 2.21. The number of halogens is 1. The molecule has 0 unspecified atom stereocenters. The van der Waals surface area contributed by atoms with Gasteiger partial charge < -0.3 is 15.8 Å². The van der Waals surface area contributed by atoms with E-state index in [1.807, 2.05) is 0 Å². The highest BCUT2D eigenvalue weighted by Crippen LogP contribution is 2.14. The predicted molar refractivity (Wildman–Crippen MR) is 78.2 cm³/mol. The largest absolute Gasteiger partial charge is 0.381 e. The molecule has 0 spiro atoms. The van der Waals surface area contributed by atoms with Gasteiger partial charge in [-0.15, -0.1) is 0 Å². The summed E-state index contributed by atoms with van der Waals surface area (Å²) in [5, 5.41) is 2.78. The van der Waals surface area contributed by atoms with Gasteiger partial charge in [-0.1, -0.05) is 11.8 Å². The molecule has 1 fully saturated rings. The molecule has 0 atom stereocenters. The highest BCUT2D eigenvalue weighted by atomic mass is 19.1. The summed E-state index contributed by atoms with van der Waals surface area (Å²) in [6.45, 7) is 2.22. The molecule has 0 saturated carbocycles. The summed E-state index contributed by atoms with van der Waals surface area (Å²) >= 11 is 0. The number of hydrogen-bond acceptors (Lipinski definition) is 3. The van der Waals surface area contributed by atoms with Crippen molar-refractivity contribution >= 4 is 5.91 Å². The molecular weight excluding hydrogens is 271 g/mol. The number of nitrogens with one attached hydrogen (secondary N) is 1. The van der Waals surface area contributed by atoms with Crippen molar-refractivity contribution in [3.63, 3.8) is 0 Å².